The minimum Gasteiger partial charge on any atom is -0.377 e. The number of likely N-dealkylation sites (N-methyl/N-ethyl adjacent to an activating group) is 1. The molecule has 1 aromatic rings. The number of amides is 2. The summed E-state index contributed by atoms with van der Waals surface area (Å²) in [7, 11) is 3.83. The van der Waals surface area contributed by atoms with E-state index in [0.29, 0.717) is 17.8 Å². The van der Waals surface area contributed by atoms with Crippen LogP contribution in [0.15, 0.2) is 18.2 Å². The number of benzene rings is 1. The van der Waals surface area contributed by atoms with E-state index in [4.69, 9.17) is 0 Å². The lowest BCUT2D eigenvalue weighted by molar-refractivity contribution is -0.120. The lowest BCUT2D eigenvalue weighted by atomic mass is 9.98. The van der Waals surface area contributed by atoms with Crippen LogP contribution >= 0.6 is 0 Å². The van der Waals surface area contributed by atoms with Gasteiger partial charge in [-0.25, -0.2) is 0 Å². The second-order valence-electron chi connectivity index (χ2n) is 7.65. The highest BCUT2D eigenvalue weighted by Gasteiger charge is 2.18. The van der Waals surface area contributed by atoms with Crippen molar-refractivity contribution >= 4 is 23.2 Å². The Bertz CT molecular complexity index is 642. The van der Waals surface area contributed by atoms with Crippen molar-refractivity contribution in [2.45, 2.75) is 53.4 Å². The van der Waals surface area contributed by atoms with Gasteiger partial charge in [-0.15, -0.1) is 0 Å². The third-order valence-corrected chi connectivity index (χ3v) is 5.37. The summed E-state index contributed by atoms with van der Waals surface area (Å²) in [4.78, 5) is 29.7. The van der Waals surface area contributed by atoms with Gasteiger partial charge in [0, 0.05) is 44.5 Å². The first-order chi connectivity index (χ1) is 13.9. The van der Waals surface area contributed by atoms with Crippen LogP contribution in [-0.2, 0) is 4.79 Å². The number of carbonyl (C=O) groups excluding carboxylic acids is 2. The number of rotatable bonds is 13. The lowest BCUT2D eigenvalue weighted by Crippen LogP contribution is -2.35. The summed E-state index contributed by atoms with van der Waals surface area (Å²) < 4.78 is 0. The Morgan fingerprint density at radius 2 is 1.76 bits per heavy atom. The maximum Gasteiger partial charge on any atom is 0.253 e. The fraction of sp³-hybridized carbons (Fsp3) is 0.652. The van der Waals surface area contributed by atoms with Crippen LogP contribution in [0, 0.1) is 5.92 Å². The van der Waals surface area contributed by atoms with E-state index in [0.717, 1.165) is 51.0 Å². The van der Waals surface area contributed by atoms with E-state index < -0.39 is 0 Å². The molecule has 0 aliphatic rings. The van der Waals surface area contributed by atoms with Crippen molar-refractivity contribution in [3.05, 3.63) is 23.8 Å². The minimum atomic E-state index is -0.116. The maximum atomic E-state index is 12.8. The number of hydrogen-bond donors (Lipinski definition) is 2. The highest BCUT2D eigenvalue weighted by Crippen LogP contribution is 2.24. The van der Waals surface area contributed by atoms with Crippen molar-refractivity contribution in [3.63, 3.8) is 0 Å². The van der Waals surface area contributed by atoms with Crippen LogP contribution in [0.3, 0.4) is 0 Å². The van der Waals surface area contributed by atoms with Crippen molar-refractivity contribution < 1.29 is 9.59 Å². The molecule has 0 spiro atoms. The van der Waals surface area contributed by atoms with Gasteiger partial charge in [-0.1, -0.05) is 40.5 Å². The van der Waals surface area contributed by atoms with Crippen molar-refractivity contribution in [1.82, 2.24) is 10.2 Å². The second kappa shape index (κ2) is 13.2. The number of nitrogens with zero attached hydrogens (tertiary/aromatic N) is 2. The third-order valence-electron chi connectivity index (χ3n) is 5.37. The third kappa shape index (κ3) is 8.05. The molecule has 1 atom stereocenters. The molecule has 0 saturated carbocycles. The Labute approximate surface area is 177 Å². The molecule has 2 amide bonds. The molecule has 0 aromatic heterocycles. The minimum absolute atomic E-state index is 0.00909. The van der Waals surface area contributed by atoms with E-state index in [9.17, 15) is 9.59 Å². The molecule has 0 aliphatic carbocycles. The van der Waals surface area contributed by atoms with Crippen molar-refractivity contribution in [1.29, 1.82) is 0 Å². The molecule has 1 aromatic carbocycles. The van der Waals surface area contributed by atoms with Gasteiger partial charge < -0.3 is 20.4 Å². The molecule has 0 bridgehead atoms. The van der Waals surface area contributed by atoms with Gasteiger partial charge in [0.1, 0.15) is 0 Å². The zero-order chi connectivity index (χ0) is 21.8. The average Bonchev–Trinajstić information content (AvgIpc) is 2.71. The zero-order valence-corrected chi connectivity index (χ0v) is 19.2. The van der Waals surface area contributed by atoms with Crippen LogP contribution in [0.4, 0.5) is 11.4 Å². The van der Waals surface area contributed by atoms with E-state index in [-0.39, 0.29) is 17.7 Å². The number of hydrogen-bond acceptors (Lipinski definition) is 4. The molecule has 164 valence electrons. The smallest absolute Gasteiger partial charge is 0.253 e. The molecule has 0 aliphatic heterocycles. The van der Waals surface area contributed by atoms with Gasteiger partial charge in [-0.3, -0.25) is 9.59 Å². The molecule has 6 nitrogen and oxygen atoms in total. The van der Waals surface area contributed by atoms with Gasteiger partial charge in [0.2, 0.25) is 5.91 Å². The van der Waals surface area contributed by atoms with Crippen molar-refractivity contribution in [3.8, 4) is 0 Å². The maximum absolute atomic E-state index is 12.8. The number of nitrogens with one attached hydrogen (secondary N) is 2. The quantitative estimate of drug-likeness (QED) is 0.522. The first-order valence-electron chi connectivity index (χ1n) is 11.0. The van der Waals surface area contributed by atoms with Gasteiger partial charge >= 0.3 is 0 Å². The van der Waals surface area contributed by atoms with Crippen LogP contribution in [0.25, 0.3) is 0 Å². The second-order valence-corrected chi connectivity index (χ2v) is 7.65. The van der Waals surface area contributed by atoms with Crippen molar-refractivity contribution in [2.75, 3.05) is 50.5 Å². The first-order valence-corrected chi connectivity index (χ1v) is 11.0. The topological polar surface area (TPSA) is 64.7 Å². The average molecular weight is 405 g/mol. The van der Waals surface area contributed by atoms with E-state index in [1.165, 1.54) is 0 Å². The Morgan fingerprint density at radius 1 is 1.07 bits per heavy atom. The molecule has 6 heteroatoms. The van der Waals surface area contributed by atoms with Gasteiger partial charge in [0.15, 0.2) is 0 Å². The van der Waals surface area contributed by atoms with Gasteiger partial charge in [0.05, 0.1) is 5.56 Å². The summed E-state index contributed by atoms with van der Waals surface area (Å²) in [6.07, 6.45) is 3.85. The molecule has 0 heterocycles. The highest BCUT2D eigenvalue weighted by atomic mass is 16.2. The molecule has 0 radical (unpaired) electrons. The summed E-state index contributed by atoms with van der Waals surface area (Å²) in [5.74, 6) is -0.0729. The fourth-order valence-electron chi connectivity index (χ4n) is 3.36. The highest BCUT2D eigenvalue weighted by molar-refractivity contribution is 6.02. The van der Waals surface area contributed by atoms with Gasteiger partial charge in [-0.2, -0.15) is 0 Å². The Morgan fingerprint density at radius 3 is 2.31 bits per heavy atom. The largest absolute Gasteiger partial charge is 0.377 e. The predicted molar refractivity (Wildman–Crippen MR) is 123 cm³/mol. The molecule has 0 fully saturated rings. The first kappa shape index (κ1) is 25.0. The number of unbranched alkanes of at least 4 members (excludes halogenated alkanes) is 1. The monoisotopic (exact) mass is 404 g/mol. The Kier molecular flexibility index (Phi) is 11.4. The van der Waals surface area contributed by atoms with Gasteiger partial charge in [0.25, 0.3) is 5.91 Å². The molecule has 29 heavy (non-hydrogen) atoms. The van der Waals surface area contributed by atoms with E-state index >= 15 is 0 Å². The molecule has 0 saturated heterocycles. The summed E-state index contributed by atoms with van der Waals surface area (Å²) >= 11 is 0. The summed E-state index contributed by atoms with van der Waals surface area (Å²) in [5.41, 5.74) is 2.08. The Balaban J connectivity index is 2.90. The normalized spacial score (nSPS) is 12.0. The molecule has 1 rings (SSSR count). The molecular formula is C23H40N4O2. The number of anilines is 2. The van der Waals surface area contributed by atoms with Crippen LogP contribution in [-0.4, -0.2) is 57.0 Å². The lowest BCUT2D eigenvalue weighted by Gasteiger charge is -2.21. The van der Waals surface area contributed by atoms with E-state index in [1.54, 1.807) is 6.07 Å². The fourth-order valence-corrected chi connectivity index (χ4v) is 3.36. The van der Waals surface area contributed by atoms with Gasteiger partial charge in [-0.05, 0) is 44.1 Å². The number of carbonyl (C=O) groups is 2. The van der Waals surface area contributed by atoms with Crippen LogP contribution in [0.5, 0.6) is 0 Å². The zero-order valence-electron chi connectivity index (χ0n) is 19.2. The molecule has 1 unspecified atom stereocenters. The van der Waals surface area contributed by atoms with Crippen molar-refractivity contribution in [2.24, 2.45) is 5.92 Å². The van der Waals surface area contributed by atoms with E-state index in [2.05, 4.69) is 36.3 Å². The van der Waals surface area contributed by atoms with Crippen LogP contribution < -0.4 is 15.5 Å². The standard InChI is InChI=1S/C23H40N4O2/c1-7-11-12-18(8-2)22(28)25-19-13-14-21(26(5)6)20(17-19)23(29)24-15-16-27(9-3)10-4/h13-14,17-18H,7-12,15-16H2,1-6H3,(H,24,29)(H,25,28). The molecular weight excluding hydrogens is 364 g/mol. The predicted octanol–water partition coefficient (Wildman–Crippen LogP) is 3.98. The summed E-state index contributed by atoms with van der Waals surface area (Å²) in [5, 5.41) is 6.03. The SMILES string of the molecule is CCCCC(CC)C(=O)Nc1ccc(N(C)C)c(C(=O)NCCN(CC)CC)c1. The van der Waals surface area contributed by atoms with E-state index in [1.807, 2.05) is 38.1 Å². The summed E-state index contributed by atoms with van der Waals surface area (Å²) in [6.45, 7) is 11.8. The molecule has 2 N–H and O–H groups in total. The Hall–Kier alpha value is -2.08. The summed E-state index contributed by atoms with van der Waals surface area (Å²) in [6, 6.07) is 5.54. The van der Waals surface area contributed by atoms with Crippen LogP contribution in [0.2, 0.25) is 0 Å². The van der Waals surface area contributed by atoms with Crippen LogP contribution in [0.1, 0.15) is 63.7 Å².